The third kappa shape index (κ3) is 42.6. The van der Waals surface area contributed by atoms with Crippen molar-refractivity contribution in [1.82, 2.24) is 5.32 Å². The van der Waals surface area contributed by atoms with Gasteiger partial charge in [-0.2, -0.15) is 0 Å². The number of allylic oxidation sites excluding steroid dienone is 5. The molecular weight excluding hydrogens is 732 g/mol. The van der Waals surface area contributed by atoms with Crippen molar-refractivity contribution in [2.45, 2.75) is 225 Å². The van der Waals surface area contributed by atoms with Crippen LogP contribution in [-0.2, 0) is 18.4 Å². The second kappa shape index (κ2) is 40.1. The molecule has 0 aromatic heterocycles. The zero-order valence-corrected chi connectivity index (χ0v) is 38.9. The molecule has 0 rings (SSSR count). The Morgan fingerprint density at radius 2 is 0.982 bits per heavy atom. The van der Waals surface area contributed by atoms with E-state index in [-0.39, 0.29) is 12.5 Å². The van der Waals surface area contributed by atoms with Gasteiger partial charge < -0.3 is 28.8 Å². The Morgan fingerprint density at radius 3 is 1.42 bits per heavy atom. The molecule has 0 fully saturated rings. The molecule has 0 aliphatic carbocycles. The molecule has 0 saturated heterocycles. The molecule has 0 aliphatic heterocycles. The van der Waals surface area contributed by atoms with Crippen LogP contribution in [0.5, 0.6) is 0 Å². The summed E-state index contributed by atoms with van der Waals surface area (Å²) in [6.45, 7) is 4.62. The zero-order valence-electron chi connectivity index (χ0n) is 38.0. The van der Waals surface area contributed by atoms with E-state index in [0.29, 0.717) is 17.4 Å². The van der Waals surface area contributed by atoms with Gasteiger partial charge in [0.15, 0.2) is 0 Å². The Hall–Kier alpha value is -1.28. The number of aliphatic hydroxyl groups excluding tert-OH is 1. The average molecular weight is 825 g/mol. The zero-order chi connectivity index (χ0) is 42.1. The van der Waals surface area contributed by atoms with E-state index in [1.54, 1.807) is 6.08 Å². The second-order valence-corrected chi connectivity index (χ2v) is 18.9. The lowest BCUT2D eigenvalue weighted by atomic mass is 10.1. The largest absolute Gasteiger partial charge is 0.756 e. The SMILES string of the molecule is CCCCCCCCCC/C=C\CCCCCCCCCC(=O)NC(COP(=O)([O-])OCC[N+](C)(C)C)C(O)/C=C/CC/C=C/CCCCCCCCCCCC. The summed E-state index contributed by atoms with van der Waals surface area (Å²) in [6, 6.07) is -0.903. The number of carbonyl (C=O) groups is 1. The summed E-state index contributed by atoms with van der Waals surface area (Å²) in [5, 5.41) is 13.8. The van der Waals surface area contributed by atoms with Gasteiger partial charge in [0.05, 0.1) is 39.9 Å². The van der Waals surface area contributed by atoms with E-state index in [9.17, 15) is 19.4 Å². The van der Waals surface area contributed by atoms with Crippen molar-refractivity contribution in [3.05, 3.63) is 36.5 Å². The summed E-state index contributed by atoms with van der Waals surface area (Å²) in [5.74, 6) is -0.212. The molecule has 57 heavy (non-hydrogen) atoms. The van der Waals surface area contributed by atoms with Crippen LogP contribution in [0.2, 0.25) is 0 Å². The molecule has 0 saturated carbocycles. The summed E-state index contributed by atoms with van der Waals surface area (Å²) in [4.78, 5) is 25.3. The number of phosphoric acid groups is 1. The number of rotatable bonds is 43. The number of nitrogens with one attached hydrogen (secondary N) is 1. The van der Waals surface area contributed by atoms with E-state index in [4.69, 9.17) is 9.05 Å². The maximum atomic E-state index is 12.9. The van der Waals surface area contributed by atoms with E-state index in [0.717, 1.165) is 38.5 Å². The van der Waals surface area contributed by atoms with Crippen molar-refractivity contribution in [2.75, 3.05) is 40.9 Å². The number of aliphatic hydroxyl groups is 1. The number of nitrogens with zero attached hydrogens (tertiary/aromatic N) is 1. The minimum absolute atomic E-state index is 0.00702. The summed E-state index contributed by atoms with van der Waals surface area (Å²) in [5.41, 5.74) is 0. The van der Waals surface area contributed by atoms with E-state index in [2.05, 4.69) is 43.5 Å². The molecule has 0 aliphatic rings. The van der Waals surface area contributed by atoms with Crippen LogP contribution >= 0.6 is 7.82 Å². The number of amides is 1. The normalized spacial score (nSPS) is 14.6. The molecule has 2 N–H and O–H groups in total. The molecule has 0 spiro atoms. The number of quaternary nitrogens is 1. The van der Waals surface area contributed by atoms with Crippen LogP contribution in [0.3, 0.4) is 0 Å². The van der Waals surface area contributed by atoms with Crippen molar-refractivity contribution in [1.29, 1.82) is 0 Å². The van der Waals surface area contributed by atoms with Crippen LogP contribution < -0.4 is 10.2 Å². The minimum atomic E-state index is -4.60. The smallest absolute Gasteiger partial charge is 0.268 e. The highest BCUT2D eigenvalue weighted by molar-refractivity contribution is 7.45. The maximum Gasteiger partial charge on any atom is 0.268 e. The molecule has 0 aromatic carbocycles. The van der Waals surface area contributed by atoms with Crippen molar-refractivity contribution < 1.29 is 32.9 Å². The first-order chi connectivity index (χ1) is 27.5. The van der Waals surface area contributed by atoms with Crippen molar-refractivity contribution in [2.24, 2.45) is 0 Å². The number of unbranched alkanes of at least 4 members (excludes halogenated alkanes) is 26. The van der Waals surface area contributed by atoms with Gasteiger partial charge in [0, 0.05) is 6.42 Å². The molecule has 336 valence electrons. The molecule has 9 heteroatoms. The van der Waals surface area contributed by atoms with Crippen LogP contribution in [0.1, 0.15) is 213 Å². The predicted molar refractivity (Wildman–Crippen MR) is 242 cm³/mol. The predicted octanol–water partition coefficient (Wildman–Crippen LogP) is 12.8. The van der Waals surface area contributed by atoms with Gasteiger partial charge >= 0.3 is 0 Å². The Bertz CT molecular complexity index is 1030. The molecule has 3 atom stereocenters. The van der Waals surface area contributed by atoms with Gasteiger partial charge in [0.2, 0.25) is 5.91 Å². The van der Waals surface area contributed by atoms with Crippen molar-refractivity contribution in [3.8, 4) is 0 Å². The van der Waals surface area contributed by atoms with Crippen molar-refractivity contribution >= 4 is 13.7 Å². The molecule has 3 unspecified atom stereocenters. The standard InChI is InChI=1S/C48H93N2O6P/c1-6-8-10-12-14-16-18-20-22-24-25-26-28-30-32-34-36-38-40-42-48(52)49-46(45-56-57(53,54)55-44-43-50(3,4)5)47(51)41-39-37-35-33-31-29-27-23-21-19-17-15-13-11-9-7-2/h24-25,31,33,39,41,46-47,51H,6-23,26-30,32,34-38,40,42-45H2,1-5H3,(H-,49,52,53,54)/b25-24-,33-31+,41-39+. The van der Waals surface area contributed by atoms with E-state index in [1.165, 1.54) is 154 Å². The van der Waals surface area contributed by atoms with E-state index < -0.39 is 26.6 Å². The molecule has 0 radical (unpaired) electrons. The first kappa shape index (κ1) is 55.7. The van der Waals surface area contributed by atoms with Crippen molar-refractivity contribution in [3.63, 3.8) is 0 Å². The highest BCUT2D eigenvalue weighted by atomic mass is 31.2. The van der Waals surface area contributed by atoms with Gasteiger partial charge in [-0.1, -0.05) is 185 Å². The Morgan fingerprint density at radius 1 is 0.596 bits per heavy atom. The minimum Gasteiger partial charge on any atom is -0.756 e. The molecule has 0 bridgehead atoms. The third-order valence-corrected chi connectivity index (χ3v) is 11.5. The fraction of sp³-hybridized carbons (Fsp3) is 0.854. The van der Waals surface area contributed by atoms with E-state index >= 15 is 0 Å². The van der Waals surface area contributed by atoms with Gasteiger partial charge in [-0.25, -0.2) is 0 Å². The average Bonchev–Trinajstić information content (AvgIpc) is 3.16. The lowest BCUT2D eigenvalue weighted by Gasteiger charge is -2.29. The van der Waals surface area contributed by atoms with Gasteiger partial charge in [0.1, 0.15) is 13.2 Å². The monoisotopic (exact) mass is 825 g/mol. The van der Waals surface area contributed by atoms with Crippen LogP contribution in [0.4, 0.5) is 0 Å². The van der Waals surface area contributed by atoms with Crippen LogP contribution in [0.15, 0.2) is 36.5 Å². The van der Waals surface area contributed by atoms with Crippen LogP contribution in [0, 0.1) is 0 Å². The Balaban J connectivity index is 4.41. The second-order valence-electron chi connectivity index (χ2n) is 17.5. The van der Waals surface area contributed by atoms with Gasteiger partial charge in [-0.3, -0.25) is 9.36 Å². The first-order valence-electron chi connectivity index (χ1n) is 23.9. The fourth-order valence-corrected chi connectivity index (χ4v) is 7.47. The first-order valence-corrected chi connectivity index (χ1v) is 25.3. The number of likely N-dealkylation sites (N-methyl/N-ethyl adjacent to an activating group) is 1. The summed E-state index contributed by atoms with van der Waals surface area (Å²) < 4.78 is 23.2. The number of hydrogen-bond donors (Lipinski definition) is 2. The molecule has 8 nitrogen and oxygen atoms in total. The third-order valence-electron chi connectivity index (χ3n) is 10.6. The summed E-state index contributed by atoms with van der Waals surface area (Å²) in [7, 11) is 1.24. The highest BCUT2D eigenvalue weighted by Crippen LogP contribution is 2.38. The molecule has 0 heterocycles. The molecule has 0 aromatic rings. The topological polar surface area (TPSA) is 108 Å². The Labute approximate surface area is 353 Å². The number of carbonyl (C=O) groups excluding carboxylic acids is 1. The number of phosphoric ester groups is 1. The quantitative estimate of drug-likeness (QED) is 0.0274. The van der Waals surface area contributed by atoms with Gasteiger partial charge in [-0.05, 0) is 57.8 Å². The summed E-state index contributed by atoms with van der Waals surface area (Å²) in [6.07, 6.45) is 49.1. The number of hydrogen-bond acceptors (Lipinski definition) is 6. The fourth-order valence-electron chi connectivity index (χ4n) is 6.75. The molecule has 1 amide bonds. The highest BCUT2D eigenvalue weighted by Gasteiger charge is 2.23. The van der Waals surface area contributed by atoms with Crippen LogP contribution in [-0.4, -0.2) is 68.5 Å². The summed E-state index contributed by atoms with van der Waals surface area (Å²) >= 11 is 0. The van der Waals surface area contributed by atoms with E-state index in [1.807, 2.05) is 27.2 Å². The van der Waals surface area contributed by atoms with Gasteiger partial charge in [-0.15, -0.1) is 0 Å². The lowest BCUT2D eigenvalue weighted by molar-refractivity contribution is -0.870. The van der Waals surface area contributed by atoms with Gasteiger partial charge in [0.25, 0.3) is 7.82 Å². The maximum absolute atomic E-state index is 12.9. The molecular formula is C48H93N2O6P. The van der Waals surface area contributed by atoms with Crippen LogP contribution in [0.25, 0.3) is 0 Å². The lowest BCUT2D eigenvalue weighted by Crippen LogP contribution is -2.45. The Kier molecular flexibility index (Phi) is 39.2.